The molecule has 0 unspecified atom stereocenters. The van der Waals surface area contributed by atoms with Gasteiger partial charge in [-0.3, -0.25) is 10.1 Å². The Kier molecular flexibility index (Phi) is 5.88. The fraction of sp³-hybridized carbons (Fsp3) is 0.111. The lowest BCUT2D eigenvalue weighted by Crippen LogP contribution is -2.08. The minimum absolute atomic E-state index is 0.0732. The van der Waals surface area contributed by atoms with Crippen molar-refractivity contribution in [3.8, 4) is 10.8 Å². The standard InChI is InChI=1S/C18H12N4O5S3/c1-10-9-29-18(19-10)30-13-5-4-11(22(24)25)7-12(13)17(23)26-8-15-20-16(27-21-15)14-3-2-6-28-14/h2-7,9H,8H2,1H3. The van der Waals surface area contributed by atoms with E-state index in [1.54, 1.807) is 0 Å². The maximum atomic E-state index is 12.7. The van der Waals surface area contributed by atoms with Crippen molar-refractivity contribution >= 4 is 46.1 Å². The van der Waals surface area contributed by atoms with Crippen LogP contribution in [0.2, 0.25) is 0 Å². The molecule has 0 aliphatic heterocycles. The highest BCUT2D eigenvalue weighted by Crippen LogP contribution is 2.34. The Hall–Kier alpha value is -3.09. The molecule has 0 atom stereocenters. The summed E-state index contributed by atoms with van der Waals surface area (Å²) in [6.45, 7) is 1.64. The number of nitrogens with zero attached hydrogens (tertiary/aromatic N) is 4. The summed E-state index contributed by atoms with van der Waals surface area (Å²) in [6.07, 6.45) is 0. The number of esters is 1. The Balaban J connectivity index is 1.52. The molecule has 0 aliphatic carbocycles. The molecule has 0 saturated carbocycles. The SMILES string of the molecule is Cc1csc(Sc2ccc([N+](=O)[O-])cc2C(=O)OCc2noc(-c3cccs3)n2)n1. The molecule has 3 aromatic heterocycles. The smallest absolute Gasteiger partial charge is 0.339 e. The van der Waals surface area contributed by atoms with Gasteiger partial charge in [0, 0.05) is 28.1 Å². The second-order valence-electron chi connectivity index (χ2n) is 5.86. The van der Waals surface area contributed by atoms with Crippen molar-refractivity contribution in [1.29, 1.82) is 0 Å². The molecule has 0 bridgehead atoms. The summed E-state index contributed by atoms with van der Waals surface area (Å²) in [5, 5.41) is 18.7. The lowest BCUT2D eigenvalue weighted by atomic mass is 10.2. The van der Waals surface area contributed by atoms with Crippen molar-refractivity contribution in [2.24, 2.45) is 0 Å². The van der Waals surface area contributed by atoms with Crippen LogP contribution in [0.5, 0.6) is 0 Å². The molecule has 30 heavy (non-hydrogen) atoms. The monoisotopic (exact) mass is 460 g/mol. The van der Waals surface area contributed by atoms with Crippen LogP contribution in [0, 0.1) is 17.0 Å². The zero-order chi connectivity index (χ0) is 21.1. The highest BCUT2D eigenvalue weighted by atomic mass is 32.2. The van der Waals surface area contributed by atoms with E-state index < -0.39 is 10.9 Å². The zero-order valence-corrected chi connectivity index (χ0v) is 17.8. The number of rotatable bonds is 7. The summed E-state index contributed by atoms with van der Waals surface area (Å²) >= 11 is 4.11. The second kappa shape index (κ2) is 8.73. The number of aryl methyl sites for hydroxylation is 1. The van der Waals surface area contributed by atoms with Gasteiger partial charge in [0.25, 0.3) is 11.6 Å². The number of nitro benzene ring substituents is 1. The van der Waals surface area contributed by atoms with Crippen LogP contribution < -0.4 is 0 Å². The van der Waals surface area contributed by atoms with E-state index >= 15 is 0 Å². The first-order valence-corrected chi connectivity index (χ1v) is 11.0. The van der Waals surface area contributed by atoms with Gasteiger partial charge in [0.15, 0.2) is 10.9 Å². The minimum atomic E-state index is -0.725. The Morgan fingerprint density at radius 3 is 2.87 bits per heavy atom. The normalized spacial score (nSPS) is 10.8. The topological polar surface area (TPSA) is 121 Å². The molecule has 0 spiro atoms. The van der Waals surface area contributed by atoms with Gasteiger partial charge in [-0.05, 0) is 24.4 Å². The third-order valence-corrected chi connectivity index (χ3v) is 6.71. The van der Waals surface area contributed by atoms with E-state index in [9.17, 15) is 14.9 Å². The summed E-state index contributed by atoms with van der Waals surface area (Å²) in [5.41, 5.74) is 0.720. The number of hydrogen-bond donors (Lipinski definition) is 0. The lowest BCUT2D eigenvalue weighted by Gasteiger charge is -2.07. The number of aromatic nitrogens is 3. The van der Waals surface area contributed by atoms with E-state index in [-0.39, 0.29) is 23.7 Å². The van der Waals surface area contributed by atoms with Crippen LogP contribution in [0.4, 0.5) is 5.69 Å². The van der Waals surface area contributed by atoms with Gasteiger partial charge >= 0.3 is 5.97 Å². The molecule has 0 fully saturated rings. The fourth-order valence-electron chi connectivity index (χ4n) is 2.37. The maximum Gasteiger partial charge on any atom is 0.339 e. The molecule has 3 heterocycles. The second-order valence-corrected chi connectivity index (χ2v) is 8.96. The Labute approximate surface area is 181 Å². The van der Waals surface area contributed by atoms with Crippen LogP contribution in [-0.4, -0.2) is 26.0 Å². The number of thiazole rings is 1. The van der Waals surface area contributed by atoms with Crippen LogP contribution in [0.3, 0.4) is 0 Å². The highest BCUT2D eigenvalue weighted by molar-refractivity contribution is 8.01. The number of carbonyl (C=O) groups excluding carboxylic acids is 1. The van der Waals surface area contributed by atoms with Crippen LogP contribution in [0.15, 0.2) is 54.9 Å². The van der Waals surface area contributed by atoms with Crippen molar-refractivity contribution in [3.05, 3.63) is 68.3 Å². The molecule has 0 radical (unpaired) electrons. The Morgan fingerprint density at radius 1 is 1.30 bits per heavy atom. The van der Waals surface area contributed by atoms with Gasteiger partial charge in [-0.1, -0.05) is 23.0 Å². The molecule has 4 rings (SSSR count). The number of benzene rings is 1. The molecular formula is C18H12N4O5S3. The third-order valence-electron chi connectivity index (χ3n) is 3.72. The van der Waals surface area contributed by atoms with Gasteiger partial charge in [0.1, 0.15) is 0 Å². The predicted molar refractivity (Wildman–Crippen MR) is 111 cm³/mol. The zero-order valence-electron chi connectivity index (χ0n) is 15.3. The number of carbonyl (C=O) groups is 1. The van der Waals surface area contributed by atoms with Gasteiger partial charge in [0.05, 0.1) is 15.4 Å². The van der Waals surface area contributed by atoms with Crippen LogP contribution in [0.1, 0.15) is 21.9 Å². The van der Waals surface area contributed by atoms with Crippen molar-refractivity contribution in [2.75, 3.05) is 0 Å². The van der Waals surface area contributed by atoms with E-state index in [0.717, 1.165) is 10.6 Å². The summed E-state index contributed by atoms with van der Waals surface area (Å²) < 4.78 is 11.2. The van der Waals surface area contributed by atoms with E-state index in [2.05, 4.69) is 15.1 Å². The minimum Gasteiger partial charge on any atom is -0.454 e. The first kappa shape index (κ1) is 20.2. The number of hydrogen-bond acceptors (Lipinski definition) is 11. The third kappa shape index (κ3) is 4.56. The number of thiophene rings is 1. The number of ether oxygens (including phenoxy) is 1. The highest BCUT2D eigenvalue weighted by Gasteiger charge is 2.21. The molecular weight excluding hydrogens is 448 g/mol. The first-order chi connectivity index (χ1) is 14.5. The molecule has 152 valence electrons. The van der Waals surface area contributed by atoms with Crippen LogP contribution >= 0.6 is 34.4 Å². The van der Waals surface area contributed by atoms with E-state index in [1.807, 2.05) is 29.8 Å². The van der Waals surface area contributed by atoms with E-state index in [1.165, 1.54) is 52.6 Å². The predicted octanol–water partition coefficient (Wildman–Crippen LogP) is 4.98. The Morgan fingerprint density at radius 2 is 2.17 bits per heavy atom. The van der Waals surface area contributed by atoms with Crippen molar-refractivity contribution in [3.63, 3.8) is 0 Å². The lowest BCUT2D eigenvalue weighted by molar-refractivity contribution is -0.384. The van der Waals surface area contributed by atoms with Gasteiger partial charge in [-0.15, -0.1) is 22.7 Å². The van der Waals surface area contributed by atoms with Gasteiger partial charge in [-0.25, -0.2) is 9.78 Å². The van der Waals surface area contributed by atoms with Crippen LogP contribution in [-0.2, 0) is 11.3 Å². The Bertz CT molecular complexity index is 1200. The summed E-state index contributed by atoms with van der Waals surface area (Å²) in [6, 6.07) is 7.74. The van der Waals surface area contributed by atoms with Gasteiger partial charge < -0.3 is 9.26 Å². The molecule has 1 aromatic carbocycles. The molecule has 9 nitrogen and oxygen atoms in total. The van der Waals surface area contributed by atoms with Crippen molar-refractivity contribution in [2.45, 2.75) is 22.8 Å². The van der Waals surface area contributed by atoms with Gasteiger partial charge in [-0.2, -0.15) is 4.98 Å². The van der Waals surface area contributed by atoms with Crippen molar-refractivity contribution in [1.82, 2.24) is 15.1 Å². The first-order valence-electron chi connectivity index (χ1n) is 8.41. The molecule has 0 aliphatic rings. The molecule has 0 saturated heterocycles. The average molecular weight is 461 g/mol. The summed E-state index contributed by atoms with van der Waals surface area (Å²) in [7, 11) is 0. The van der Waals surface area contributed by atoms with Crippen molar-refractivity contribution < 1.29 is 19.0 Å². The maximum absolute atomic E-state index is 12.7. The van der Waals surface area contributed by atoms with Gasteiger partial charge in [0.2, 0.25) is 5.82 Å². The fourth-order valence-corrected chi connectivity index (χ4v) is 4.91. The molecule has 12 heteroatoms. The largest absolute Gasteiger partial charge is 0.454 e. The number of nitro groups is 1. The quantitative estimate of drug-likeness (QED) is 0.213. The van der Waals surface area contributed by atoms with E-state index in [0.29, 0.717) is 15.1 Å². The average Bonchev–Trinajstić information content (AvgIpc) is 3.48. The number of non-ortho nitro benzene ring substituents is 1. The molecule has 0 amide bonds. The summed E-state index contributed by atoms with van der Waals surface area (Å²) in [4.78, 5) is 33.1. The van der Waals surface area contributed by atoms with E-state index in [4.69, 9.17) is 9.26 Å². The summed E-state index contributed by atoms with van der Waals surface area (Å²) in [5.74, 6) is -0.194. The van der Waals surface area contributed by atoms with Crippen LogP contribution in [0.25, 0.3) is 10.8 Å². The molecule has 4 aromatic rings. The molecule has 0 N–H and O–H groups in total.